The molecular weight excluding hydrogens is 316 g/mol. The summed E-state index contributed by atoms with van der Waals surface area (Å²) in [5.41, 5.74) is 7.27. The number of nitrogens with two attached hydrogens (primary N) is 1. The van der Waals surface area contributed by atoms with Gasteiger partial charge in [0.15, 0.2) is 0 Å². The molecule has 1 aromatic carbocycles. The number of hydrogen-bond acceptors (Lipinski definition) is 3. The van der Waals surface area contributed by atoms with Crippen LogP contribution >= 0.6 is 0 Å². The van der Waals surface area contributed by atoms with Gasteiger partial charge in [0.2, 0.25) is 11.8 Å². The monoisotopic (exact) mass is 340 g/mol. The normalized spacial score (nSPS) is 25.0. The standard InChI is InChI=1S/C20H24N2O3/c1-3-9-22-18(23)14-10-15-16(13-7-5-4-6-8-13)12-25-17(15)20(2,11-14)19(21)24/h4-8,10,16H,3,9,11-12H2,1-2H3,(H2,21,24)(H,22,23). The van der Waals surface area contributed by atoms with E-state index in [4.69, 9.17) is 10.5 Å². The molecule has 0 saturated heterocycles. The highest BCUT2D eigenvalue weighted by molar-refractivity contribution is 5.97. The number of rotatable bonds is 5. The van der Waals surface area contributed by atoms with Gasteiger partial charge in [0, 0.05) is 23.6 Å². The molecule has 2 amide bonds. The molecular formula is C20H24N2O3. The molecule has 2 unspecified atom stereocenters. The lowest BCUT2D eigenvalue weighted by molar-refractivity contribution is -0.127. The fraction of sp³-hybridized carbons (Fsp3) is 0.400. The molecule has 1 aliphatic carbocycles. The molecule has 25 heavy (non-hydrogen) atoms. The fourth-order valence-corrected chi connectivity index (χ4v) is 3.50. The van der Waals surface area contributed by atoms with Crippen LogP contribution in [0.3, 0.4) is 0 Å². The summed E-state index contributed by atoms with van der Waals surface area (Å²) in [5, 5.41) is 2.89. The van der Waals surface area contributed by atoms with Crippen molar-refractivity contribution in [2.24, 2.45) is 11.1 Å². The first-order valence-corrected chi connectivity index (χ1v) is 8.68. The van der Waals surface area contributed by atoms with E-state index in [1.54, 1.807) is 6.92 Å². The van der Waals surface area contributed by atoms with Crippen molar-refractivity contribution in [2.75, 3.05) is 13.2 Å². The Morgan fingerprint density at radius 1 is 1.32 bits per heavy atom. The molecule has 3 rings (SSSR count). The number of hydrogen-bond donors (Lipinski definition) is 2. The molecule has 5 nitrogen and oxygen atoms in total. The summed E-state index contributed by atoms with van der Waals surface area (Å²) >= 11 is 0. The van der Waals surface area contributed by atoms with Crippen molar-refractivity contribution in [1.29, 1.82) is 0 Å². The summed E-state index contributed by atoms with van der Waals surface area (Å²) in [4.78, 5) is 24.7. The topological polar surface area (TPSA) is 81.4 Å². The van der Waals surface area contributed by atoms with Crippen LogP contribution in [0.2, 0.25) is 0 Å². The Morgan fingerprint density at radius 3 is 2.68 bits per heavy atom. The SMILES string of the molecule is CCCNC(=O)C1=CC2=C(OCC2c2ccccc2)C(C)(C(N)=O)C1. The molecule has 3 N–H and O–H groups in total. The summed E-state index contributed by atoms with van der Waals surface area (Å²) in [6.07, 6.45) is 3.00. The van der Waals surface area contributed by atoms with Gasteiger partial charge in [0.1, 0.15) is 11.2 Å². The van der Waals surface area contributed by atoms with Gasteiger partial charge in [0.05, 0.1) is 6.61 Å². The number of amides is 2. The van der Waals surface area contributed by atoms with Crippen LogP contribution in [0.1, 0.15) is 38.2 Å². The van der Waals surface area contributed by atoms with Gasteiger partial charge in [-0.2, -0.15) is 0 Å². The van der Waals surface area contributed by atoms with E-state index in [-0.39, 0.29) is 18.2 Å². The molecule has 0 saturated carbocycles. The average molecular weight is 340 g/mol. The van der Waals surface area contributed by atoms with E-state index in [1.165, 1.54) is 0 Å². The molecule has 2 atom stereocenters. The Labute approximate surface area is 147 Å². The molecule has 0 fully saturated rings. The first-order valence-electron chi connectivity index (χ1n) is 8.68. The third kappa shape index (κ3) is 3.06. The second kappa shape index (κ2) is 6.75. The lowest BCUT2D eigenvalue weighted by atomic mass is 9.73. The number of carbonyl (C=O) groups excluding carboxylic acids is 2. The zero-order valence-electron chi connectivity index (χ0n) is 14.7. The van der Waals surface area contributed by atoms with Crippen LogP contribution < -0.4 is 11.1 Å². The van der Waals surface area contributed by atoms with Crippen LogP contribution in [0.15, 0.2) is 53.3 Å². The number of allylic oxidation sites excluding steroid dienone is 1. The minimum absolute atomic E-state index is 0.00384. The van der Waals surface area contributed by atoms with Crippen molar-refractivity contribution in [2.45, 2.75) is 32.6 Å². The zero-order valence-corrected chi connectivity index (χ0v) is 14.7. The van der Waals surface area contributed by atoms with E-state index in [0.717, 1.165) is 17.6 Å². The second-order valence-corrected chi connectivity index (χ2v) is 6.86. The van der Waals surface area contributed by atoms with E-state index in [0.29, 0.717) is 24.5 Å². The Kier molecular flexibility index (Phi) is 4.66. The summed E-state index contributed by atoms with van der Waals surface area (Å²) in [5.74, 6) is 0.00670. The first-order chi connectivity index (χ1) is 12.0. The fourth-order valence-electron chi connectivity index (χ4n) is 3.50. The van der Waals surface area contributed by atoms with E-state index in [1.807, 2.05) is 43.3 Å². The molecule has 0 bridgehead atoms. The van der Waals surface area contributed by atoms with Crippen LogP contribution in [-0.4, -0.2) is 25.0 Å². The Bertz CT molecular complexity index is 751. The van der Waals surface area contributed by atoms with Crippen LogP contribution in [0.25, 0.3) is 0 Å². The van der Waals surface area contributed by atoms with E-state index >= 15 is 0 Å². The predicted octanol–water partition coefficient (Wildman–Crippen LogP) is 2.40. The highest BCUT2D eigenvalue weighted by atomic mass is 16.5. The summed E-state index contributed by atoms with van der Waals surface area (Å²) in [7, 11) is 0. The quantitative estimate of drug-likeness (QED) is 0.863. The number of nitrogens with one attached hydrogen (secondary N) is 1. The molecule has 0 radical (unpaired) electrons. The lowest BCUT2D eigenvalue weighted by Crippen LogP contribution is -2.40. The maximum atomic E-state index is 12.5. The van der Waals surface area contributed by atoms with Gasteiger partial charge in [-0.15, -0.1) is 0 Å². The first kappa shape index (κ1) is 17.3. The van der Waals surface area contributed by atoms with Crippen LogP contribution in [0.5, 0.6) is 0 Å². The van der Waals surface area contributed by atoms with Crippen molar-refractivity contribution in [1.82, 2.24) is 5.32 Å². The zero-order chi connectivity index (χ0) is 18.0. The van der Waals surface area contributed by atoms with Crippen molar-refractivity contribution >= 4 is 11.8 Å². The summed E-state index contributed by atoms with van der Waals surface area (Å²) < 4.78 is 5.91. The highest BCUT2D eigenvalue weighted by Gasteiger charge is 2.47. The molecule has 2 aliphatic rings. The minimum Gasteiger partial charge on any atom is -0.495 e. The van der Waals surface area contributed by atoms with Gasteiger partial charge in [0.25, 0.3) is 0 Å². The molecule has 132 valence electrons. The summed E-state index contributed by atoms with van der Waals surface area (Å²) in [6, 6.07) is 9.98. The average Bonchev–Trinajstić information content (AvgIpc) is 3.05. The number of ether oxygens (including phenoxy) is 1. The lowest BCUT2D eigenvalue weighted by Gasteiger charge is -2.31. The van der Waals surface area contributed by atoms with Crippen LogP contribution in [-0.2, 0) is 14.3 Å². The van der Waals surface area contributed by atoms with Crippen LogP contribution in [0.4, 0.5) is 0 Å². The molecule has 1 aliphatic heterocycles. The van der Waals surface area contributed by atoms with Crippen molar-refractivity contribution in [3.05, 3.63) is 58.9 Å². The molecule has 1 aromatic rings. The molecule has 5 heteroatoms. The Hall–Kier alpha value is -2.56. The molecule has 1 heterocycles. The van der Waals surface area contributed by atoms with Gasteiger partial charge in [-0.25, -0.2) is 0 Å². The van der Waals surface area contributed by atoms with Crippen molar-refractivity contribution < 1.29 is 14.3 Å². The van der Waals surface area contributed by atoms with Gasteiger partial charge in [-0.3, -0.25) is 9.59 Å². The number of benzene rings is 1. The van der Waals surface area contributed by atoms with E-state index < -0.39 is 11.3 Å². The second-order valence-electron chi connectivity index (χ2n) is 6.86. The maximum absolute atomic E-state index is 12.5. The molecule has 0 spiro atoms. The Balaban J connectivity index is 2.03. The largest absolute Gasteiger partial charge is 0.495 e. The minimum atomic E-state index is -0.994. The van der Waals surface area contributed by atoms with E-state index in [9.17, 15) is 9.59 Å². The van der Waals surface area contributed by atoms with Gasteiger partial charge in [-0.1, -0.05) is 37.3 Å². The van der Waals surface area contributed by atoms with Crippen LogP contribution in [0, 0.1) is 5.41 Å². The summed E-state index contributed by atoms with van der Waals surface area (Å²) in [6.45, 7) is 4.82. The van der Waals surface area contributed by atoms with Crippen molar-refractivity contribution in [3.8, 4) is 0 Å². The van der Waals surface area contributed by atoms with E-state index in [2.05, 4.69) is 5.32 Å². The smallest absolute Gasteiger partial charge is 0.247 e. The Morgan fingerprint density at radius 2 is 2.04 bits per heavy atom. The van der Waals surface area contributed by atoms with Gasteiger partial charge in [-0.05, 0) is 31.4 Å². The predicted molar refractivity (Wildman–Crippen MR) is 95.5 cm³/mol. The number of carbonyl (C=O) groups is 2. The van der Waals surface area contributed by atoms with Gasteiger partial charge >= 0.3 is 0 Å². The third-order valence-electron chi connectivity index (χ3n) is 4.98. The third-order valence-corrected chi connectivity index (χ3v) is 4.98. The van der Waals surface area contributed by atoms with Gasteiger partial charge < -0.3 is 15.8 Å². The van der Waals surface area contributed by atoms with Crippen molar-refractivity contribution in [3.63, 3.8) is 0 Å². The molecule has 0 aromatic heterocycles. The highest BCUT2D eigenvalue weighted by Crippen LogP contribution is 2.49. The number of primary amides is 1. The maximum Gasteiger partial charge on any atom is 0.247 e.